The van der Waals surface area contributed by atoms with Crippen LogP contribution in [0.4, 0.5) is 0 Å². The van der Waals surface area contributed by atoms with Crippen molar-refractivity contribution in [2.45, 2.75) is 69.7 Å². The molecule has 2 heterocycles. The molecule has 0 radical (unpaired) electrons. The zero-order chi connectivity index (χ0) is 28.4. The van der Waals surface area contributed by atoms with Crippen molar-refractivity contribution in [3.8, 4) is 22.4 Å². The van der Waals surface area contributed by atoms with E-state index in [1.165, 1.54) is 21.7 Å². The molecule has 1 aliphatic heterocycles. The molecule has 1 saturated heterocycles. The maximum atomic E-state index is 10.8. The van der Waals surface area contributed by atoms with Crippen LogP contribution in [0.5, 0.6) is 0 Å². The summed E-state index contributed by atoms with van der Waals surface area (Å²) >= 11 is 1.83. The van der Waals surface area contributed by atoms with Crippen LogP contribution in [0.15, 0.2) is 59.6 Å². The Bertz CT molecular complexity index is 1250. The Kier molecular flexibility index (Phi) is 10.9. The van der Waals surface area contributed by atoms with Crippen LogP contribution in [0.1, 0.15) is 50.5 Å². The number of hydrogen-bond donors (Lipinski definition) is 1. The summed E-state index contributed by atoms with van der Waals surface area (Å²) < 4.78 is 19.5. The predicted molar refractivity (Wildman–Crippen MR) is 162 cm³/mol. The fourth-order valence-corrected chi connectivity index (χ4v) is 6.87. The molecule has 1 atom stereocenters. The smallest absolute Gasteiger partial charge is 0.329 e. The number of hydrogen-bond acceptors (Lipinski definition) is 6. The van der Waals surface area contributed by atoms with Crippen LogP contribution in [-0.4, -0.2) is 59.3 Å². The van der Waals surface area contributed by atoms with Gasteiger partial charge < -0.3 is 19.3 Å². The first-order chi connectivity index (χ1) is 20.1. The molecule has 1 saturated carbocycles. The lowest BCUT2D eigenvalue weighted by Gasteiger charge is -2.28. The minimum Gasteiger partial charge on any atom is -0.480 e. The highest BCUT2D eigenvalue weighted by Gasteiger charge is 2.26. The Labute approximate surface area is 247 Å². The summed E-state index contributed by atoms with van der Waals surface area (Å²) in [5, 5.41) is 15.3. The highest BCUT2D eigenvalue weighted by Crippen LogP contribution is 2.41. The summed E-state index contributed by atoms with van der Waals surface area (Å²) in [6, 6.07) is 19.2. The molecule has 7 nitrogen and oxygen atoms in total. The Morgan fingerprint density at radius 1 is 1.02 bits per heavy atom. The number of aryl methyl sites for hydroxylation is 1. The number of carboxylic acids is 1. The van der Waals surface area contributed by atoms with E-state index in [2.05, 4.69) is 60.1 Å². The van der Waals surface area contributed by atoms with Crippen LogP contribution in [0.25, 0.3) is 22.4 Å². The third-order valence-corrected chi connectivity index (χ3v) is 9.06. The third kappa shape index (κ3) is 8.44. The number of carboxylic acid groups (broad SMARTS) is 1. The van der Waals surface area contributed by atoms with Crippen molar-refractivity contribution in [3.63, 3.8) is 0 Å². The van der Waals surface area contributed by atoms with Crippen molar-refractivity contribution >= 4 is 17.7 Å². The zero-order valence-electron chi connectivity index (χ0n) is 24.0. The van der Waals surface area contributed by atoms with Crippen LogP contribution < -0.4 is 0 Å². The first-order valence-corrected chi connectivity index (χ1v) is 15.9. The summed E-state index contributed by atoms with van der Waals surface area (Å²) in [5.74, 6) is 0.870. The van der Waals surface area contributed by atoms with E-state index in [1.54, 1.807) is 0 Å². The molecule has 0 bridgehead atoms. The molecule has 3 aromatic rings. The molecule has 220 valence electrons. The largest absolute Gasteiger partial charge is 0.480 e. The van der Waals surface area contributed by atoms with Crippen molar-refractivity contribution in [3.05, 3.63) is 60.2 Å². The van der Waals surface area contributed by atoms with Gasteiger partial charge in [0.15, 0.2) is 6.29 Å². The van der Waals surface area contributed by atoms with Crippen molar-refractivity contribution in [1.82, 2.24) is 9.78 Å². The molecule has 1 unspecified atom stereocenters. The van der Waals surface area contributed by atoms with Gasteiger partial charge in [-0.1, -0.05) is 60.2 Å². The van der Waals surface area contributed by atoms with Crippen molar-refractivity contribution in [1.29, 1.82) is 0 Å². The molecule has 2 aliphatic rings. The molecule has 5 rings (SSSR count). The lowest BCUT2D eigenvalue weighted by atomic mass is 9.82. The predicted octanol–water partition coefficient (Wildman–Crippen LogP) is 7.07. The van der Waals surface area contributed by atoms with E-state index in [-0.39, 0.29) is 12.9 Å². The topological polar surface area (TPSA) is 82.8 Å². The Morgan fingerprint density at radius 2 is 1.80 bits per heavy atom. The molecule has 0 amide bonds. The lowest BCUT2D eigenvalue weighted by Crippen LogP contribution is -2.24. The monoisotopic (exact) mass is 578 g/mol. The van der Waals surface area contributed by atoms with Gasteiger partial charge >= 0.3 is 5.97 Å². The quantitative estimate of drug-likeness (QED) is 0.172. The molecular formula is C33H42N2O5S. The first kappa shape index (κ1) is 29.8. The van der Waals surface area contributed by atoms with Gasteiger partial charge in [0.05, 0.1) is 13.2 Å². The minimum absolute atomic E-state index is 0.0833. The SMILES string of the molecule is Cc1cccc(-c2c(-c3ccccc3)nn(CC3CCC(COCC(=O)O)CC3)c2SCCOC2CCCCO2)c1. The molecule has 2 aromatic carbocycles. The average Bonchev–Trinajstić information content (AvgIpc) is 3.35. The molecule has 1 N–H and O–H groups in total. The van der Waals surface area contributed by atoms with Gasteiger partial charge in [-0.15, -0.1) is 11.8 Å². The second kappa shape index (κ2) is 15.0. The average molecular weight is 579 g/mol. The van der Waals surface area contributed by atoms with Crippen LogP contribution in [0, 0.1) is 18.8 Å². The van der Waals surface area contributed by atoms with Gasteiger partial charge in [-0.2, -0.15) is 5.10 Å². The summed E-state index contributed by atoms with van der Waals surface area (Å²) in [5.41, 5.74) is 5.75. The van der Waals surface area contributed by atoms with Gasteiger partial charge in [-0.25, -0.2) is 4.79 Å². The van der Waals surface area contributed by atoms with E-state index >= 15 is 0 Å². The van der Waals surface area contributed by atoms with Crippen molar-refractivity contribution in [2.24, 2.45) is 11.8 Å². The summed E-state index contributed by atoms with van der Waals surface area (Å²) in [7, 11) is 0. The Balaban J connectivity index is 1.37. The summed E-state index contributed by atoms with van der Waals surface area (Å²) in [6.45, 7) is 4.74. The number of aromatic nitrogens is 2. The van der Waals surface area contributed by atoms with Gasteiger partial charge in [0.25, 0.3) is 0 Å². The fourth-order valence-electron chi connectivity index (χ4n) is 5.87. The molecule has 8 heteroatoms. The van der Waals surface area contributed by atoms with Crippen molar-refractivity contribution < 1.29 is 24.1 Å². The van der Waals surface area contributed by atoms with Gasteiger partial charge in [0.1, 0.15) is 17.3 Å². The highest BCUT2D eigenvalue weighted by atomic mass is 32.2. The van der Waals surface area contributed by atoms with E-state index in [0.717, 1.165) is 75.1 Å². The van der Waals surface area contributed by atoms with Crippen molar-refractivity contribution in [2.75, 3.05) is 32.2 Å². The number of aliphatic carboxylic acids is 1. The Morgan fingerprint density at radius 3 is 2.54 bits per heavy atom. The summed E-state index contributed by atoms with van der Waals surface area (Å²) in [6.07, 6.45) is 7.46. The number of benzene rings is 2. The highest BCUT2D eigenvalue weighted by molar-refractivity contribution is 7.99. The molecule has 1 aromatic heterocycles. The standard InChI is InChI=1S/C33H42N2O5S/c1-24-8-7-11-28(20-24)31-32(27-9-3-2-4-10-27)34-35(33(31)41-19-18-40-30-12-5-6-17-39-30)21-25-13-15-26(16-14-25)22-38-23-29(36)37/h2-4,7-11,20,25-26,30H,5-6,12-19,21-23H2,1H3,(H,36,37). The second-order valence-electron chi connectivity index (χ2n) is 11.3. The maximum Gasteiger partial charge on any atom is 0.329 e. The molecular weight excluding hydrogens is 536 g/mol. The van der Waals surface area contributed by atoms with E-state index in [9.17, 15) is 4.79 Å². The van der Waals surface area contributed by atoms with E-state index in [4.69, 9.17) is 24.4 Å². The van der Waals surface area contributed by atoms with Crippen LogP contribution in [0.3, 0.4) is 0 Å². The number of thioether (sulfide) groups is 1. The fraction of sp³-hybridized carbons (Fsp3) is 0.515. The third-order valence-electron chi connectivity index (χ3n) is 8.00. The molecule has 1 aliphatic carbocycles. The van der Waals surface area contributed by atoms with Crippen LogP contribution in [0.2, 0.25) is 0 Å². The molecule has 2 fully saturated rings. The number of ether oxygens (including phenoxy) is 3. The number of carbonyl (C=O) groups is 1. The molecule has 41 heavy (non-hydrogen) atoms. The van der Waals surface area contributed by atoms with Crippen LogP contribution in [-0.2, 0) is 25.5 Å². The first-order valence-electron chi connectivity index (χ1n) is 15.0. The number of rotatable bonds is 13. The summed E-state index contributed by atoms with van der Waals surface area (Å²) in [4.78, 5) is 10.8. The lowest BCUT2D eigenvalue weighted by molar-refractivity contribution is -0.158. The van der Waals surface area contributed by atoms with Gasteiger partial charge in [0.2, 0.25) is 0 Å². The minimum atomic E-state index is -0.905. The van der Waals surface area contributed by atoms with E-state index in [0.29, 0.717) is 25.0 Å². The zero-order valence-corrected chi connectivity index (χ0v) is 24.8. The van der Waals surface area contributed by atoms with Gasteiger partial charge in [-0.05, 0) is 69.3 Å². The molecule has 0 spiro atoms. The van der Waals surface area contributed by atoms with Crippen LogP contribution >= 0.6 is 11.8 Å². The van der Waals surface area contributed by atoms with Gasteiger partial charge in [-0.3, -0.25) is 4.68 Å². The number of nitrogens with zero attached hydrogens (tertiary/aromatic N) is 2. The van der Waals surface area contributed by atoms with Gasteiger partial charge in [0, 0.05) is 30.0 Å². The maximum absolute atomic E-state index is 10.8. The second-order valence-corrected chi connectivity index (χ2v) is 12.3. The normalized spacial score (nSPS) is 21.1. The van der Waals surface area contributed by atoms with E-state index < -0.39 is 5.97 Å². The Hall–Kier alpha value is -2.65. The van der Waals surface area contributed by atoms with E-state index in [1.807, 2.05) is 17.8 Å².